The highest BCUT2D eigenvalue weighted by Gasteiger charge is 2.45. The number of imide groups is 2. The van der Waals surface area contributed by atoms with Gasteiger partial charge in [-0.15, -0.1) is 0 Å². The van der Waals surface area contributed by atoms with Crippen LogP contribution in [0.1, 0.15) is 59.2 Å². The minimum absolute atomic E-state index is 0.00108. The molecule has 0 saturated carbocycles. The van der Waals surface area contributed by atoms with Crippen molar-refractivity contribution in [2.24, 2.45) is 0 Å². The number of amides is 5. The monoisotopic (exact) mass is 512 g/mol. The number of fused-ring (bicyclic) bond motifs is 1. The van der Waals surface area contributed by atoms with Crippen molar-refractivity contribution in [1.29, 1.82) is 0 Å². The molecule has 1 aromatic carbocycles. The summed E-state index contributed by atoms with van der Waals surface area (Å²) >= 11 is 0. The van der Waals surface area contributed by atoms with E-state index >= 15 is 4.39 Å². The molecule has 2 N–H and O–H groups in total. The summed E-state index contributed by atoms with van der Waals surface area (Å²) < 4.78 is 51.8. The first-order valence-electron chi connectivity index (χ1n) is 11.5. The Morgan fingerprint density at radius 1 is 1.08 bits per heavy atom. The number of anilines is 1. The van der Waals surface area contributed by atoms with Crippen LogP contribution in [-0.2, 0) is 14.4 Å². The number of benzene rings is 1. The summed E-state index contributed by atoms with van der Waals surface area (Å²) in [5.74, 6) is -3.32. The lowest BCUT2D eigenvalue weighted by molar-refractivity contribution is -0.144. The number of carbonyl (C=O) groups excluding carboxylic acids is 5. The van der Waals surface area contributed by atoms with Gasteiger partial charge in [0.2, 0.25) is 17.7 Å². The molecule has 2 saturated heterocycles. The Labute approximate surface area is 203 Å². The Morgan fingerprint density at radius 3 is 2.39 bits per heavy atom. The van der Waals surface area contributed by atoms with E-state index < -0.39 is 66.8 Å². The fourth-order valence-electron chi connectivity index (χ4n) is 4.60. The van der Waals surface area contributed by atoms with E-state index in [0.717, 1.165) is 4.90 Å². The number of nitrogens with one attached hydrogen (secondary N) is 2. The van der Waals surface area contributed by atoms with Crippen molar-refractivity contribution >= 4 is 35.2 Å². The molecular formula is C23H24F4N4O5. The molecule has 4 rings (SSSR count). The van der Waals surface area contributed by atoms with Crippen LogP contribution in [0.4, 0.5) is 23.2 Å². The maximum absolute atomic E-state index is 15.1. The van der Waals surface area contributed by atoms with Crippen LogP contribution in [0.2, 0.25) is 0 Å². The summed E-state index contributed by atoms with van der Waals surface area (Å²) in [6, 6.07) is 3.51. The molecule has 5 amide bonds. The van der Waals surface area contributed by atoms with Gasteiger partial charge in [-0.3, -0.25) is 34.2 Å². The Bertz CT molecular complexity index is 1110. The molecule has 3 heterocycles. The second-order valence-corrected chi connectivity index (χ2v) is 9.21. The van der Waals surface area contributed by atoms with Gasteiger partial charge in [0.25, 0.3) is 11.8 Å². The van der Waals surface area contributed by atoms with E-state index in [2.05, 4.69) is 10.6 Å². The van der Waals surface area contributed by atoms with Crippen molar-refractivity contribution in [3.8, 4) is 0 Å². The largest absolute Gasteiger partial charge is 0.389 e. The molecule has 3 aliphatic rings. The van der Waals surface area contributed by atoms with Crippen molar-refractivity contribution in [3.05, 3.63) is 29.3 Å². The average Bonchev–Trinajstić information content (AvgIpc) is 3.06. The lowest BCUT2D eigenvalue weighted by atomic mass is 9.92. The number of alkyl halides is 4. The van der Waals surface area contributed by atoms with Crippen LogP contribution < -0.4 is 15.5 Å². The lowest BCUT2D eigenvalue weighted by Gasteiger charge is -2.37. The zero-order valence-electron chi connectivity index (χ0n) is 19.1. The fourth-order valence-corrected chi connectivity index (χ4v) is 4.60. The maximum Gasteiger partial charge on any atom is 0.389 e. The Morgan fingerprint density at radius 2 is 1.75 bits per heavy atom. The predicted octanol–water partition coefficient (Wildman–Crippen LogP) is 1.85. The van der Waals surface area contributed by atoms with Crippen LogP contribution in [0.15, 0.2) is 18.2 Å². The summed E-state index contributed by atoms with van der Waals surface area (Å²) in [5.41, 5.74) is -0.977. The van der Waals surface area contributed by atoms with Gasteiger partial charge in [0.05, 0.1) is 24.1 Å². The summed E-state index contributed by atoms with van der Waals surface area (Å²) in [6.45, 7) is 0.0367. The Balaban J connectivity index is 1.37. The number of rotatable bonds is 6. The highest BCUT2D eigenvalue weighted by Crippen LogP contribution is 2.34. The molecule has 1 unspecified atom stereocenters. The molecular weight excluding hydrogens is 488 g/mol. The first kappa shape index (κ1) is 25.6. The molecule has 1 atom stereocenters. The fraction of sp³-hybridized carbons (Fsp3) is 0.522. The molecule has 0 aliphatic carbocycles. The minimum Gasteiger partial charge on any atom is -0.371 e. The van der Waals surface area contributed by atoms with Crippen LogP contribution in [-0.4, -0.2) is 72.0 Å². The summed E-state index contributed by atoms with van der Waals surface area (Å²) in [7, 11) is 0. The summed E-state index contributed by atoms with van der Waals surface area (Å²) in [4.78, 5) is 63.7. The number of piperidine rings is 2. The molecule has 13 heteroatoms. The van der Waals surface area contributed by atoms with Gasteiger partial charge in [-0.25, -0.2) is 4.39 Å². The van der Waals surface area contributed by atoms with Crippen molar-refractivity contribution in [1.82, 2.24) is 15.5 Å². The molecule has 2 fully saturated rings. The number of nitrogens with zero attached hydrogens (tertiary/aromatic N) is 2. The quantitative estimate of drug-likeness (QED) is 0.444. The summed E-state index contributed by atoms with van der Waals surface area (Å²) in [6.07, 6.45) is -6.44. The Kier molecular flexibility index (Phi) is 6.76. The van der Waals surface area contributed by atoms with E-state index in [1.165, 1.54) is 12.1 Å². The van der Waals surface area contributed by atoms with Crippen LogP contribution in [0, 0.1) is 0 Å². The van der Waals surface area contributed by atoms with Gasteiger partial charge < -0.3 is 10.2 Å². The van der Waals surface area contributed by atoms with Gasteiger partial charge in [-0.1, -0.05) is 0 Å². The third kappa shape index (κ3) is 5.34. The van der Waals surface area contributed by atoms with E-state index in [9.17, 15) is 37.1 Å². The Hall–Kier alpha value is -3.51. The molecule has 0 aromatic heterocycles. The second-order valence-electron chi connectivity index (χ2n) is 9.21. The molecule has 0 radical (unpaired) electrons. The standard InChI is InChI=1S/C23H24F4N4O5/c24-22(12-28-17(32)5-6-23(25,26)27)7-9-30(10-8-22)13-1-2-14-15(11-13)21(36)31(20(14)35)16-3-4-18(33)29-19(16)34/h1-2,11,16H,3-10,12H2,(H,28,32)(H,29,33,34). The molecule has 0 bridgehead atoms. The van der Waals surface area contributed by atoms with E-state index in [0.29, 0.717) is 5.69 Å². The van der Waals surface area contributed by atoms with E-state index in [-0.39, 0.29) is 49.9 Å². The van der Waals surface area contributed by atoms with Crippen LogP contribution >= 0.6 is 0 Å². The maximum atomic E-state index is 15.1. The number of halogens is 4. The van der Waals surface area contributed by atoms with Crippen molar-refractivity contribution in [3.63, 3.8) is 0 Å². The number of hydrogen-bond acceptors (Lipinski definition) is 6. The number of hydrogen-bond donors (Lipinski definition) is 2. The third-order valence-corrected chi connectivity index (χ3v) is 6.69. The number of carbonyl (C=O) groups is 5. The highest BCUT2D eigenvalue weighted by atomic mass is 19.4. The zero-order valence-corrected chi connectivity index (χ0v) is 19.1. The van der Waals surface area contributed by atoms with Gasteiger partial charge in [-0.05, 0) is 24.6 Å². The third-order valence-electron chi connectivity index (χ3n) is 6.69. The van der Waals surface area contributed by atoms with Crippen LogP contribution in [0.5, 0.6) is 0 Å². The van der Waals surface area contributed by atoms with E-state index in [1.54, 1.807) is 11.0 Å². The topological polar surface area (TPSA) is 116 Å². The normalized spacial score (nSPS) is 21.9. The first-order valence-corrected chi connectivity index (χ1v) is 11.5. The van der Waals surface area contributed by atoms with Crippen LogP contribution in [0.3, 0.4) is 0 Å². The smallest absolute Gasteiger partial charge is 0.371 e. The average molecular weight is 512 g/mol. The SMILES string of the molecule is O=C(CCC(F)(F)F)NCC1(F)CCN(c2ccc3c(c2)C(=O)N(C2CCC(=O)NC2=O)C3=O)CC1. The molecule has 36 heavy (non-hydrogen) atoms. The van der Waals surface area contributed by atoms with Gasteiger partial charge >= 0.3 is 6.18 Å². The summed E-state index contributed by atoms with van der Waals surface area (Å²) in [5, 5.41) is 4.36. The highest BCUT2D eigenvalue weighted by molar-refractivity contribution is 6.23. The molecule has 194 valence electrons. The van der Waals surface area contributed by atoms with Gasteiger partial charge in [0, 0.05) is 44.5 Å². The molecule has 3 aliphatic heterocycles. The lowest BCUT2D eigenvalue weighted by Crippen LogP contribution is -2.54. The van der Waals surface area contributed by atoms with E-state index in [4.69, 9.17) is 0 Å². The molecule has 9 nitrogen and oxygen atoms in total. The van der Waals surface area contributed by atoms with Crippen molar-refractivity contribution in [2.75, 3.05) is 24.5 Å². The van der Waals surface area contributed by atoms with Gasteiger partial charge in [0.1, 0.15) is 11.7 Å². The van der Waals surface area contributed by atoms with Crippen LogP contribution in [0.25, 0.3) is 0 Å². The van der Waals surface area contributed by atoms with Crippen molar-refractivity contribution in [2.45, 2.75) is 56.4 Å². The van der Waals surface area contributed by atoms with E-state index in [1.807, 2.05) is 0 Å². The second kappa shape index (κ2) is 9.51. The predicted molar refractivity (Wildman–Crippen MR) is 117 cm³/mol. The first-order chi connectivity index (χ1) is 16.9. The zero-order chi connectivity index (χ0) is 26.3. The minimum atomic E-state index is -4.46. The molecule has 1 aromatic rings. The van der Waals surface area contributed by atoms with Crippen molar-refractivity contribution < 1.29 is 41.5 Å². The van der Waals surface area contributed by atoms with Gasteiger partial charge in [0.15, 0.2) is 0 Å². The molecule has 0 spiro atoms. The van der Waals surface area contributed by atoms with Gasteiger partial charge in [-0.2, -0.15) is 13.2 Å².